The molecule has 7 N–H and O–H groups in total. The number of aliphatic carboxylic acids is 1. The maximum absolute atomic E-state index is 13.5. The molecule has 0 spiro atoms. The number of ether oxygens (including phenoxy) is 2. The van der Waals surface area contributed by atoms with E-state index in [0.29, 0.717) is 18.8 Å². The van der Waals surface area contributed by atoms with Gasteiger partial charge in [0.25, 0.3) is 0 Å². The summed E-state index contributed by atoms with van der Waals surface area (Å²) in [5, 5.41) is 73.6. The van der Waals surface area contributed by atoms with Crippen LogP contribution in [0.15, 0.2) is 11.6 Å². The highest BCUT2D eigenvalue weighted by molar-refractivity contribution is 5.77. The van der Waals surface area contributed by atoms with Gasteiger partial charge in [-0.2, -0.15) is 0 Å². The lowest BCUT2D eigenvalue weighted by atomic mass is 9.33. The second kappa shape index (κ2) is 11.5. The Bertz CT molecular complexity index is 1220. The van der Waals surface area contributed by atoms with Crippen LogP contribution in [0.3, 0.4) is 0 Å². The Labute approximate surface area is 273 Å². The fourth-order valence-corrected chi connectivity index (χ4v) is 12.4. The van der Waals surface area contributed by atoms with Gasteiger partial charge in [-0.1, -0.05) is 53.2 Å². The molecular formula is C36H58O10. The van der Waals surface area contributed by atoms with Crippen LogP contribution in [0.1, 0.15) is 92.9 Å². The van der Waals surface area contributed by atoms with Crippen molar-refractivity contribution in [3.63, 3.8) is 0 Å². The van der Waals surface area contributed by atoms with Crippen LogP contribution in [0.5, 0.6) is 0 Å². The average molecular weight is 651 g/mol. The molecule has 0 bridgehead atoms. The number of aliphatic hydroxyl groups is 6. The highest BCUT2D eigenvalue weighted by Crippen LogP contribution is 2.75. The number of hydrogen-bond donors (Lipinski definition) is 7. The fourth-order valence-electron chi connectivity index (χ4n) is 12.4. The van der Waals surface area contributed by atoms with Crippen LogP contribution in [0.4, 0.5) is 0 Å². The predicted octanol–water partition coefficient (Wildman–Crippen LogP) is 2.86. The smallest absolute Gasteiger partial charge is 0.310 e. The first-order valence-electron chi connectivity index (χ1n) is 17.7. The number of carboxylic acid groups (broad SMARTS) is 1. The summed E-state index contributed by atoms with van der Waals surface area (Å²) in [6, 6.07) is 0. The fraction of sp³-hybridized carbons (Fsp3) is 0.917. The van der Waals surface area contributed by atoms with Crippen molar-refractivity contribution < 1.29 is 50.0 Å². The van der Waals surface area contributed by atoms with Gasteiger partial charge in [-0.3, -0.25) is 4.79 Å². The monoisotopic (exact) mass is 650 g/mol. The molecule has 262 valence electrons. The third-order valence-electron chi connectivity index (χ3n) is 15.7. The Morgan fingerprint density at radius 2 is 1.61 bits per heavy atom. The molecule has 17 unspecified atom stereocenters. The van der Waals surface area contributed by atoms with Gasteiger partial charge in [0.1, 0.15) is 24.4 Å². The number of rotatable bonds is 5. The minimum Gasteiger partial charge on any atom is -0.481 e. The van der Waals surface area contributed by atoms with Crippen molar-refractivity contribution in [3.8, 4) is 0 Å². The summed E-state index contributed by atoms with van der Waals surface area (Å²) in [5.74, 6) is -0.655. The van der Waals surface area contributed by atoms with Gasteiger partial charge in [0, 0.05) is 5.41 Å². The van der Waals surface area contributed by atoms with Gasteiger partial charge in [0.05, 0.1) is 30.8 Å². The molecule has 6 rings (SSSR count). The molecule has 0 radical (unpaired) electrons. The zero-order valence-electron chi connectivity index (χ0n) is 28.4. The largest absolute Gasteiger partial charge is 0.481 e. The van der Waals surface area contributed by atoms with E-state index >= 15 is 0 Å². The van der Waals surface area contributed by atoms with Crippen LogP contribution < -0.4 is 0 Å². The van der Waals surface area contributed by atoms with Crippen LogP contribution >= 0.6 is 0 Å². The number of hydrogen-bond acceptors (Lipinski definition) is 9. The van der Waals surface area contributed by atoms with Crippen molar-refractivity contribution in [2.24, 2.45) is 56.7 Å². The maximum Gasteiger partial charge on any atom is 0.310 e. The Morgan fingerprint density at radius 3 is 2.24 bits per heavy atom. The van der Waals surface area contributed by atoms with Gasteiger partial charge >= 0.3 is 5.97 Å². The normalized spacial score (nSPS) is 56.9. The van der Waals surface area contributed by atoms with Gasteiger partial charge in [-0.05, 0) is 97.2 Å². The lowest BCUT2D eigenvalue weighted by Crippen LogP contribution is -2.67. The maximum atomic E-state index is 13.5. The molecule has 1 aliphatic heterocycles. The van der Waals surface area contributed by atoms with E-state index in [4.69, 9.17) is 9.47 Å². The van der Waals surface area contributed by atoms with Crippen molar-refractivity contribution in [2.75, 3.05) is 13.2 Å². The molecule has 46 heavy (non-hydrogen) atoms. The summed E-state index contributed by atoms with van der Waals surface area (Å²) in [6.07, 6.45) is 0.0496. The molecule has 10 heteroatoms. The van der Waals surface area contributed by atoms with Crippen molar-refractivity contribution in [1.29, 1.82) is 0 Å². The second-order valence-corrected chi connectivity index (χ2v) is 17.2. The van der Waals surface area contributed by atoms with E-state index in [1.165, 1.54) is 5.57 Å². The minimum absolute atomic E-state index is 0.0266. The molecule has 0 aromatic rings. The molecule has 1 saturated heterocycles. The van der Waals surface area contributed by atoms with Gasteiger partial charge in [0.15, 0.2) is 6.29 Å². The predicted molar refractivity (Wildman–Crippen MR) is 168 cm³/mol. The van der Waals surface area contributed by atoms with E-state index in [9.17, 15) is 40.5 Å². The topological polar surface area (TPSA) is 177 Å². The van der Waals surface area contributed by atoms with Crippen LogP contribution in [0, 0.1) is 56.7 Å². The number of fused-ring (bicyclic) bond motifs is 7. The highest BCUT2D eigenvalue weighted by Gasteiger charge is 2.70. The van der Waals surface area contributed by atoms with E-state index < -0.39 is 66.3 Å². The molecule has 5 aliphatic carbocycles. The van der Waals surface area contributed by atoms with E-state index in [0.717, 1.165) is 32.1 Å². The van der Waals surface area contributed by atoms with Gasteiger partial charge in [0.2, 0.25) is 0 Å². The Morgan fingerprint density at radius 1 is 0.913 bits per heavy atom. The lowest BCUT2D eigenvalue weighted by molar-refractivity contribution is -0.322. The third-order valence-corrected chi connectivity index (χ3v) is 15.7. The van der Waals surface area contributed by atoms with E-state index in [1.807, 2.05) is 0 Å². The van der Waals surface area contributed by atoms with Crippen LogP contribution in [-0.2, 0) is 14.3 Å². The van der Waals surface area contributed by atoms with Gasteiger partial charge < -0.3 is 45.2 Å². The summed E-state index contributed by atoms with van der Waals surface area (Å²) < 4.78 is 12.0. The van der Waals surface area contributed by atoms with Gasteiger partial charge in [-0.15, -0.1) is 0 Å². The van der Waals surface area contributed by atoms with Crippen LogP contribution in [-0.4, -0.2) is 97.8 Å². The average Bonchev–Trinajstić information content (AvgIpc) is 3.02. The number of carboxylic acids is 1. The molecule has 17 atom stereocenters. The number of aliphatic hydroxyl groups excluding tert-OH is 6. The molecule has 10 nitrogen and oxygen atoms in total. The summed E-state index contributed by atoms with van der Waals surface area (Å²) in [7, 11) is 0. The quantitative estimate of drug-likeness (QED) is 0.173. The van der Waals surface area contributed by atoms with Crippen molar-refractivity contribution >= 4 is 5.97 Å². The molecule has 1 heterocycles. The molecule has 4 saturated carbocycles. The third kappa shape index (κ3) is 4.46. The van der Waals surface area contributed by atoms with Crippen molar-refractivity contribution in [3.05, 3.63) is 11.6 Å². The van der Waals surface area contributed by atoms with Crippen LogP contribution in [0.2, 0.25) is 0 Å². The Balaban J connectivity index is 1.34. The minimum atomic E-state index is -1.57. The standard InChI is InChI=1S/C36H58O10/c1-18-19(2)26-20-7-8-24-32(3)11-10-25(39)33(4,17-38)23(32)9-12-35(24,6)34(20,5)13-14-36(26,31(43)44)15-21(18)45-30-29(42)28(41)27(40)22(16-37)46-30/h7,18-19,21-30,37-42H,8-17H2,1-6H3,(H,43,44). The molecular weight excluding hydrogens is 592 g/mol. The van der Waals surface area contributed by atoms with Gasteiger partial charge in [-0.25, -0.2) is 0 Å². The number of allylic oxidation sites excluding steroid dienone is 2. The first-order chi connectivity index (χ1) is 21.5. The number of carbonyl (C=O) groups is 1. The molecule has 0 amide bonds. The Kier molecular flexibility index (Phi) is 8.66. The molecule has 6 aliphatic rings. The first-order valence-corrected chi connectivity index (χ1v) is 17.7. The highest BCUT2D eigenvalue weighted by atomic mass is 16.7. The SMILES string of the molecule is CC1C(OC2OC(CO)C(O)C(O)C2O)CC2(C(=O)O)CCC3(C)C(=CCC4C5(C)CCC(O)C(C)(CO)C5CCC43C)C2C1C. The van der Waals surface area contributed by atoms with Crippen LogP contribution in [0.25, 0.3) is 0 Å². The lowest BCUT2D eigenvalue weighted by Gasteiger charge is -2.71. The van der Waals surface area contributed by atoms with E-state index in [-0.39, 0.29) is 52.9 Å². The summed E-state index contributed by atoms with van der Waals surface area (Å²) in [5.41, 5.74) is -0.686. The molecule has 0 aromatic carbocycles. The van der Waals surface area contributed by atoms with E-state index in [1.54, 1.807) is 0 Å². The van der Waals surface area contributed by atoms with Crippen molar-refractivity contribution in [1.82, 2.24) is 0 Å². The van der Waals surface area contributed by atoms with E-state index in [2.05, 4.69) is 47.6 Å². The summed E-state index contributed by atoms with van der Waals surface area (Å²) in [4.78, 5) is 13.5. The second-order valence-electron chi connectivity index (χ2n) is 17.2. The van der Waals surface area contributed by atoms with Crippen molar-refractivity contribution in [2.45, 2.75) is 136 Å². The summed E-state index contributed by atoms with van der Waals surface area (Å²) >= 11 is 0. The first kappa shape index (κ1) is 34.7. The zero-order chi connectivity index (χ0) is 33.8. The molecule has 5 fully saturated rings. The summed E-state index contributed by atoms with van der Waals surface area (Å²) in [6.45, 7) is 12.8. The Hall–Kier alpha value is -1.11. The zero-order valence-corrected chi connectivity index (χ0v) is 28.4. The molecule has 0 aromatic heterocycles.